The molecule has 0 fully saturated rings. The third-order valence-corrected chi connectivity index (χ3v) is 6.88. The summed E-state index contributed by atoms with van der Waals surface area (Å²) in [4.78, 5) is 12.1. The van der Waals surface area contributed by atoms with E-state index in [1.54, 1.807) is 19.1 Å². The molecule has 0 saturated heterocycles. The van der Waals surface area contributed by atoms with Gasteiger partial charge in [-0.2, -0.15) is 0 Å². The molecule has 1 heterocycles. The van der Waals surface area contributed by atoms with Crippen molar-refractivity contribution < 1.29 is 18.7 Å². The number of aromatic nitrogens is 1. The van der Waals surface area contributed by atoms with Crippen LogP contribution in [0.25, 0.3) is 33.2 Å². The highest BCUT2D eigenvalue weighted by atomic mass is 19.1. The Morgan fingerprint density at radius 3 is 2.36 bits per heavy atom. The Morgan fingerprint density at radius 1 is 0.897 bits per heavy atom. The standard InChI is InChI=1S/C33H31FN2O3/c1-3-38-32(37)19-25-7-4-5-10-31(25)39-21-22-17-29(28-15-16-36(2)30(28)18-22)24-13-11-23(12-14-24)27-9-6-8-26(20-35)33(27)34/h4-18H,3,19-21,35H2,1-2H3. The number of halogens is 1. The first-order valence-corrected chi connectivity index (χ1v) is 13.0. The minimum absolute atomic E-state index is 0.159. The Balaban J connectivity index is 1.45. The third kappa shape index (κ3) is 5.56. The number of hydrogen-bond donors (Lipinski definition) is 1. The molecule has 0 amide bonds. The zero-order valence-corrected chi connectivity index (χ0v) is 22.1. The average Bonchev–Trinajstić information content (AvgIpc) is 3.33. The highest BCUT2D eigenvalue weighted by Crippen LogP contribution is 2.34. The minimum Gasteiger partial charge on any atom is -0.489 e. The number of nitrogens with zero attached hydrogens (tertiary/aromatic N) is 1. The molecule has 0 bridgehead atoms. The second-order valence-electron chi connectivity index (χ2n) is 9.44. The van der Waals surface area contributed by atoms with Gasteiger partial charge in [0.25, 0.3) is 0 Å². The maximum atomic E-state index is 14.9. The average molecular weight is 523 g/mol. The van der Waals surface area contributed by atoms with Gasteiger partial charge in [0, 0.05) is 47.4 Å². The fourth-order valence-electron chi connectivity index (χ4n) is 4.86. The van der Waals surface area contributed by atoms with Gasteiger partial charge in [0.15, 0.2) is 0 Å². The second kappa shape index (κ2) is 11.5. The van der Waals surface area contributed by atoms with E-state index in [0.29, 0.717) is 30.1 Å². The Kier molecular flexibility index (Phi) is 7.75. The summed E-state index contributed by atoms with van der Waals surface area (Å²) in [6.07, 6.45) is 2.20. The highest BCUT2D eigenvalue weighted by molar-refractivity contribution is 5.96. The lowest BCUT2D eigenvalue weighted by atomic mass is 9.96. The smallest absolute Gasteiger partial charge is 0.310 e. The number of esters is 1. The molecule has 0 atom stereocenters. The molecule has 0 aliphatic rings. The second-order valence-corrected chi connectivity index (χ2v) is 9.44. The first-order valence-electron chi connectivity index (χ1n) is 13.0. The predicted molar refractivity (Wildman–Crippen MR) is 153 cm³/mol. The molecular formula is C33H31FN2O3. The lowest BCUT2D eigenvalue weighted by molar-refractivity contribution is -0.142. The summed E-state index contributed by atoms with van der Waals surface area (Å²) in [5.74, 6) is 0.102. The van der Waals surface area contributed by atoms with Crippen molar-refractivity contribution in [3.05, 3.63) is 114 Å². The molecule has 5 rings (SSSR count). The molecule has 0 saturated carbocycles. The van der Waals surface area contributed by atoms with Crippen molar-refractivity contribution in [2.24, 2.45) is 12.8 Å². The number of carbonyl (C=O) groups excluding carboxylic acids is 1. The molecule has 2 N–H and O–H groups in total. The van der Waals surface area contributed by atoms with Gasteiger partial charge in [-0.05, 0) is 53.4 Å². The van der Waals surface area contributed by atoms with E-state index >= 15 is 0 Å². The van der Waals surface area contributed by atoms with Gasteiger partial charge >= 0.3 is 5.97 Å². The quantitative estimate of drug-likeness (QED) is 0.216. The molecule has 0 radical (unpaired) electrons. The van der Waals surface area contributed by atoms with E-state index in [4.69, 9.17) is 15.2 Å². The van der Waals surface area contributed by atoms with E-state index in [1.165, 1.54) is 0 Å². The van der Waals surface area contributed by atoms with Crippen LogP contribution in [0.1, 0.15) is 23.6 Å². The summed E-state index contributed by atoms with van der Waals surface area (Å²) in [5.41, 5.74) is 12.5. The van der Waals surface area contributed by atoms with Crippen molar-refractivity contribution in [1.82, 2.24) is 4.57 Å². The molecule has 4 aromatic carbocycles. The number of nitrogens with two attached hydrogens (primary N) is 1. The number of hydrogen-bond acceptors (Lipinski definition) is 4. The van der Waals surface area contributed by atoms with Gasteiger partial charge in [0.2, 0.25) is 0 Å². The van der Waals surface area contributed by atoms with Crippen molar-refractivity contribution in [1.29, 1.82) is 0 Å². The monoisotopic (exact) mass is 522 g/mol. The summed E-state index contributed by atoms with van der Waals surface area (Å²) in [6, 6.07) is 27.1. The Bertz CT molecular complexity index is 1620. The van der Waals surface area contributed by atoms with Crippen molar-refractivity contribution >= 4 is 16.9 Å². The first kappa shape index (κ1) is 26.2. The normalized spacial score (nSPS) is 11.1. The van der Waals surface area contributed by atoms with E-state index in [9.17, 15) is 9.18 Å². The van der Waals surface area contributed by atoms with Crippen molar-refractivity contribution in [2.75, 3.05) is 6.61 Å². The molecule has 5 aromatic rings. The van der Waals surface area contributed by atoms with Crippen LogP contribution in [0.4, 0.5) is 4.39 Å². The van der Waals surface area contributed by atoms with Gasteiger partial charge in [-0.1, -0.05) is 60.7 Å². The molecule has 198 valence electrons. The van der Waals surface area contributed by atoms with Gasteiger partial charge < -0.3 is 19.8 Å². The van der Waals surface area contributed by atoms with E-state index in [1.807, 2.05) is 67.8 Å². The number of rotatable bonds is 9. The van der Waals surface area contributed by atoms with Gasteiger partial charge in [0.05, 0.1) is 13.0 Å². The van der Waals surface area contributed by atoms with Crippen LogP contribution in [0.5, 0.6) is 5.75 Å². The number of fused-ring (bicyclic) bond motifs is 1. The van der Waals surface area contributed by atoms with Crippen LogP contribution in [0.15, 0.2) is 91.1 Å². The molecule has 39 heavy (non-hydrogen) atoms. The number of aryl methyl sites for hydroxylation is 1. The van der Waals surface area contributed by atoms with E-state index in [-0.39, 0.29) is 24.8 Å². The molecule has 1 aromatic heterocycles. The molecule has 5 nitrogen and oxygen atoms in total. The van der Waals surface area contributed by atoms with Crippen molar-refractivity contribution in [3.63, 3.8) is 0 Å². The molecule has 0 aliphatic heterocycles. The summed E-state index contributed by atoms with van der Waals surface area (Å²) in [5, 5.41) is 1.12. The maximum absolute atomic E-state index is 14.9. The Labute approximate surface area is 227 Å². The van der Waals surface area contributed by atoms with Crippen LogP contribution < -0.4 is 10.5 Å². The van der Waals surface area contributed by atoms with Gasteiger partial charge in [-0.25, -0.2) is 4.39 Å². The van der Waals surface area contributed by atoms with Gasteiger partial charge in [-0.15, -0.1) is 0 Å². The number of ether oxygens (including phenoxy) is 2. The van der Waals surface area contributed by atoms with Crippen LogP contribution >= 0.6 is 0 Å². The molecule has 0 unspecified atom stereocenters. The molecule has 6 heteroatoms. The zero-order chi connectivity index (χ0) is 27.4. The largest absolute Gasteiger partial charge is 0.489 e. The molecular weight excluding hydrogens is 491 g/mol. The van der Waals surface area contributed by atoms with Crippen LogP contribution in [-0.4, -0.2) is 17.1 Å². The lowest BCUT2D eigenvalue weighted by Crippen LogP contribution is -2.09. The summed E-state index contributed by atoms with van der Waals surface area (Å²) in [7, 11) is 2.02. The Hall–Kier alpha value is -4.42. The fraction of sp³-hybridized carbons (Fsp3) is 0.182. The number of benzene rings is 4. The lowest BCUT2D eigenvalue weighted by Gasteiger charge is -2.14. The summed E-state index contributed by atoms with van der Waals surface area (Å²) in [6.45, 7) is 2.63. The van der Waals surface area contributed by atoms with Crippen LogP contribution in [0.2, 0.25) is 0 Å². The number of carbonyl (C=O) groups is 1. The zero-order valence-electron chi connectivity index (χ0n) is 22.1. The topological polar surface area (TPSA) is 66.5 Å². The highest BCUT2D eigenvalue weighted by Gasteiger charge is 2.14. The van der Waals surface area contributed by atoms with Crippen LogP contribution in [0.3, 0.4) is 0 Å². The van der Waals surface area contributed by atoms with Gasteiger partial charge in [0.1, 0.15) is 18.2 Å². The predicted octanol–water partition coefficient (Wildman–Crippen LogP) is 6.79. The SMILES string of the molecule is CCOC(=O)Cc1ccccc1OCc1cc(-c2ccc(-c3cccc(CN)c3F)cc2)c2ccn(C)c2c1. The molecule has 0 spiro atoms. The van der Waals surface area contributed by atoms with E-state index in [2.05, 4.69) is 22.8 Å². The van der Waals surface area contributed by atoms with Crippen LogP contribution in [0, 0.1) is 5.82 Å². The summed E-state index contributed by atoms with van der Waals surface area (Å²) < 4.78 is 28.3. The van der Waals surface area contributed by atoms with Crippen molar-refractivity contribution in [3.8, 4) is 28.0 Å². The summed E-state index contributed by atoms with van der Waals surface area (Å²) >= 11 is 0. The third-order valence-electron chi connectivity index (χ3n) is 6.88. The van der Waals surface area contributed by atoms with E-state index < -0.39 is 0 Å². The maximum Gasteiger partial charge on any atom is 0.310 e. The minimum atomic E-state index is -0.279. The van der Waals surface area contributed by atoms with Crippen molar-refractivity contribution in [2.45, 2.75) is 26.5 Å². The van der Waals surface area contributed by atoms with Crippen LogP contribution in [-0.2, 0) is 36.2 Å². The van der Waals surface area contributed by atoms with E-state index in [0.717, 1.165) is 38.7 Å². The first-order chi connectivity index (χ1) is 19.0. The number of para-hydroxylation sites is 1. The Morgan fingerprint density at radius 2 is 1.62 bits per heavy atom. The fourth-order valence-corrected chi connectivity index (χ4v) is 4.86. The molecule has 0 aliphatic carbocycles. The van der Waals surface area contributed by atoms with Gasteiger partial charge in [-0.3, -0.25) is 4.79 Å².